The maximum absolute atomic E-state index is 12.0. The Bertz CT molecular complexity index is 887. The summed E-state index contributed by atoms with van der Waals surface area (Å²) in [4.78, 5) is 22.9. The largest absolute Gasteiger partial charge is 0.478 e. The number of aromatic carboxylic acids is 1. The summed E-state index contributed by atoms with van der Waals surface area (Å²) in [6.45, 7) is 0. The van der Waals surface area contributed by atoms with E-state index in [1.54, 1.807) is 42.5 Å². The second kappa shape index (κ2) is 6.79. The van der Waals surface area contributed by atoms with E-state index in [4.69, 9.17) is 9.52 Å². The van der Waals surface area contributed by atoms with Gasteiger partial charge in [-0.3, -0.25) is 4.79 Å². The van der Waals surface area contributed by atoms with Crippen LogP contribution in [0.4, 0.5) is 0 Å². The molecule has 0 atom stereocenters. The fraction of sp³-hybridized carbons (Fsp3) is 0. The Labute approximate surface area is 138 Å². The first-order valence-electron chi connectivity index (χ1n) is 7.34. The topological polar surface area (TPSA) is 67.5 Å². The summed E-state index contributed by atoms with van der Waals surface area (Å²) in [6, 6.07) is 18.9. The van der Waals surface area contributed by atoms with Gasteiger partial charge in [-0.05, 0) is 36.4 Å². The zero-order valence-corrected chi connectivity index (χ0v) is 12.7. The first-order valence-corrected chi connectivity index (χ1v) is 7.34. The first kappa shape index (κ1) is 15.5. The number of allylic oxidation sites excluding steroid dienone is 1. The lowest BCUT2D eigenvalue weighted by Gasteiger charge is -1.98. The summed E-state index contributed by atoms with van der Waals surface area (Å²) in [5, 5.41) is 8.90. The normalized spacial score (nSPS) is 10.8. The van der Waals surface area contributed by atoms with Crippen LogP contribution >= 0.6 is 0 Å². The number of carboxylic acid groups (broad SMARTS) is 1. The molecule has 0 aliphatic heterocycles. The molecular formula is C20H14O4. The second-order valence-electron chi connectivity index (χ2n) is 5.15. The molecule has 0 aliphatic rings. The van der Waals surface area contributed by atoms with Crippen LogP contribution in [-0.2, 0) is 0 Å². The molecule has 3 aromatic rings. The molecule has 1 heterocycles. The zero-order valence-electron chi connectivity index (χ0n) is 12.7. The highest BCUT2D eigenvalue weighted by Crippen LogP contribution is 2.23. The molecule has 4 heteroatoms. The molecule has 0 saturated carbocycles. The van der Waals surface area contributed by atoms with Crippen LogP contribution in [-0.4, -0.2) is 16.9 Å². The van der Waals surface area contributed by atoms with Crippen molar-refractivity contribution in [3.05, 3.63) is 89.7 Å². The van der Waals surface area contributed by atoms with Crippen LogP contribution in [0.1, 0.15) is 26.5 Å². The van der Waals surface area contributed by atoms with Gasteiger partial charge < -0.3 is 9.52 Å². The maximum Gasteiger partial charge on any atom is 0.335 e. The Morgan fingerprint density at radius 2 is 1.54 bits per heavy atom. The highest BCUT2D eigenvalue weighted by molar-refractivity contribution is 6.06. The molecule has 24 heavy (non-hydrogen) atoms. The average Bonchev–Trinajstić information content (AvgIpc) is 3.09. The van der Waals surface area contributed by atoms with Gasteiger partial charge in [0.15, 0.2) is 5.78 Å². The smallest absolute Gasteiger partial charge is 0.335 e. The Morgan fingerprint density at radius 1 is 0.833 bits per heavy atom. The SMILES string of the molecule is O=C(O)c1ccc(-c2ccc(/C=C/C(=O)c3ccccc3)o2)cc1. The molecule has 0 aliphatic carbocycles. The van der Waals surface area contributed by atoms with E-state index in [-0.39, 0.29) is 11.3 Å². The minimum Gasteiger partial charge on any atom is -0.478 e. The molecule has 0 amide bonds. The molecule has 1 aromatic heterocycles. The van der Waals surface area contributed by atoms with Gasteiger partial charge in [0.2, 0.25) is 0 Å². The number of carboxylic acids is 1. The van der Waals surface area contributed by atoms with E-state index >= 15 is 0 Å². The van der Waals surface area contributed by atoms with Gasteiger partial charge in [0.25, 0.3) is 0 Å². The molecule has 0 radical (unpaired) electrons. The summed E-state index contributed by atoms with van der Waals surface area (Å²) in [5.74, 6) is 0.0961. The van der Waals surface area contributed by atoms with Crippen molar-refractivity contribution < 1.29 is 19.1 Å². The molecule has 1 N–H and O–H groups in total. The molecule has 0 bridgehead atoms. The van der Waals surface area contributed by atoms with Crippen LogP contribution < -0.4 is 0 Å². The second-order valence-corrected chi connectivity index (χ2v) is 5.15. The summed E-state index contributed by atoms with van der Waals surface area (Å²) >= 11 is 0. The molecule has 4 nitrogen and oxygen atoms in total. The lowest BCUT2D eigenvalue weighted by atomic mass is 10.1. The number of rotatable bonds is 5. The standard InChI is InChI=1S/C20H14O4/c21-18(14-4-2-1-3-5-14)12-10-17-11-13-19(24-17)15-6-8-16(9-7-15)20(22)23/h1-13H,(H,22,23)/b12-10+. The van der Waals surface area contributed by atoms with Crippen LogP contribution in [0.5, 0.6) is 0 Å². The summed E-state index contributed by atoms with van der Waals surface area (Å²) < 4.78 is 5.67. The van der Waals surface area contributed by atoms with Gasteiger partial charge in [0.1, 0.15) is 11.5 Å². The number of carbonyl (C=O) groups excluding carboxylic acids is 1. The first-order chi connectivity index (χ1) is 11.6. The zero-order chi connectivity index (χ0) is 16.9. The van der Waals surface area contributed by atoms with E-state index < -0.39 is 5.97 Å². The summed E-state index contributed by atoms with van der Waals surface area (Å²) in [5.41, 5.74) is 1.61. The number of hydrogen-bond donors (Lipinski definition) is 1. The Kier molecular flexibility index (Phi) is 4.38. The van der Waals surface area contributed by atoms with Gasteiger partial charge in [-0.25, -0.2) is 4.79 Å². The number of carbonyl (C=O) groups is 2. The van der Waals surface area contributed by atoms with Gasteiger partial charge in [-0.2, -0.15) is 0 Å². The molecule has 0 saturated heterocycles. The van der Waals surface area contributed by atoms with Crippen molar-refractivity contribution in [2.24, 2.45) is 0 Å². The fourth-order valence-electron chi connectivity index (χ4n) is 2.23. The van der Waals surface area contributed by atoms with Gasteiger partial charge in [-0.1, -0.05) is 42.5 Å². The van der Waals surface area contributed by atoms with Gasteiger partial charge in [-0.15, -0.1) is 0 Å². The van der Waals surface area contributed by atoms with Crippen LogP contribution in [0.15, 0.2) is 77.2 Å². The predicted octanol–water partition coefficient (Wildman–Crippen LogP) is 4.54. The molecule has 0 unspecified atom stereocenters. The lowest BCUT2D eigenvalue weighted by Crippen LogP contribution is -1.94. The third-order valence-electron chi connectivity index (χ3n) is 3.50. The monoisotopic (exact) mass is 318 g/mol. The summed E-state index contributed by atoms with van der Waals surface area (Å²) in [7, 11) is 0. The maximum atomic E-state index is 12.0. The van der Waals surface area contributed by atoms with Crippen LogP contribution in [0.3, 0.4) is 0 Å². The molecule has 0 spiro atoms. The molecule has 118 valence electrons. The molecular weight excluding hydrogens is 304 g/mol. The minimum atomic E-state index is -0.968. The van der Waals surface area contributed by atoms with Crippen LogP contribution in [0.2, 0.25) is 0 Å². The molecule has 0 fully saturated rings. The third-order valence-corrected chi connectivity index (χ3v) is 3.50. The van der Waals surface area contributed by atoms with E-state index in [0.717, 1.165) is 5.56 Å². The van der Waals surface area contributed by atoms with Crippen molar-refractivity contribution in [2.75, 3.05) is 0 Å². The van der Waals surface area contributed by atoms with Gasteiger partial charge >= 0.3 is 5.97 Å². The average molecular weight is 318 g/mol. The highest BCUT2D eigenvalue weighted by atomic mass is 16.4. The lowest BCUT2D eigenvalue weighted by molar-refractivity contribution is 0.0696. The van der Waals surface area contributed by atoms with E-state index in [9.17, 15) is 9.59 Å². The number of furan rings is 1. The number of benzene rings is 2. The van der Waals surface area contributed by atoms with Gasteiger partial charge in [0, 0.05) is 11.1 Å². The van der Waals surface area contributed by atoms with Crippen molar-refractivity contribution in [3.63, 3.8) is 0 Å². The van der Waals surface area contributed by atoms with Crippen molar-refractivity contribution in [3.8, 4) is 11.3 Å². The third kappa shape index (κ3) is 3.50. The van der Waals surface area contributed by atoms with Crippen molar-refractivity contribution in [2.45, 2.75) is 0 Å². The van der Waals surface area contributed by atoms with E-state index in [0.29, 0.717) is 17.1 Å². The highest BCUT2D eigenvalue weighted by Gasteiger charge is 2.06. The molecule has 3 rings (SSSR count). The van der Waals surface area contributed by atoms with Crippen molar-refractivity contribution in [1.82, 2.24) is 0 Å². The number of ketones is 1. The number of hydrogen-bond acceptors (Lipinski definition) is 3. The van der Waals surface area contributed by atoms with Crippen molar-refractivity contribution >= 4 is 17.8 Å². The van der Waals surface area contributed by atoms with E-state index in [1.807, 2.05) is 18.2 Å². The van der Waals surface area contributed by atoms with Crippen molar-refractivity contribution in [1.29, 1.82) is 0 Å². The van der Waals surface area contributed by atoms with E-state index in [2.05, 4.69) is 0 Å². The Hall–Kier alpha value is -3.40. The Balaban J connectivity index is 1.74. The van der Waals surface area contributed by atoms with Gasteiger partial charge in [0.05, 0.1) is 5.56 Å². The summed E-state index contributed by atoms with van der Waals surface area (Å²) in [6.07, 6.45) is 3.08. The van der Waals surface area contributed by atoms with Crippen LogP contribution in [0, 0.1) is 0 Å². The predicted molar refractivity (Wildman–Crippen MR) is 90.9 cm³/mol. The quantitative estimate of drug-likeness (QED) is 0.554. The molecule has 2 aromatic carbocycles. The Morgan fingerprint density at radius 3 is 2.21 bits per heavy atom. The van der Waals surface area contributed by atoms with E-state index in [1.165, 1.54) is 18.2 Å². The fourth-order valence-corrected chi connectivity index (χ4v) is 2.23. The minimum absolute atomic E-state index is 0.0978. The van der Waals surface area contributed by atoms with Crippen LogP contribution in [0.25, 0.3) is 17.4 Å².